The Labute approximate surface area is 117 Å². The van der Waals surface area contributed by atoms with Gasteiger partial charge in [-0.1, -0.05) is 29.3 Å². The average Bonchev–Trinajstić information content (AvgIpc) is 2.38. The summed E-state index contributed by atoms with van der Waals surface area (Å²) in [5.41, 5.74) is 7.29. The highest BCUT2D eigenvalue weighted by molar-refractivity contribution is 5.88. The highest BCUT2D eigenvalue weighted by Crippen LogP contribution is 2.10. The molecule has 0 bridgehead atoms. The van der Waals surface area contributed by atoms with E-state index < -0.39 is 5.97 Å². The number of carboxylic acid groups (broad SMARTS) is 1. The molecule has 2 rings (SSSR count). The van der Waals surface area contributed by atoms with Gasteiger partial charge >= 0.3 is 5.97 Å². The Hall–Kier alpha value is -2.62. The second kappa shape index (κ2) is 6.02. The van der Waals surface area contributed by atoms with E-state index in [1.54, 1.807) is 18.3 Å². The Morgan fingerprint density at radius 2 is 1.70 bits per heavy atom. The lowest BCUT2D eigenvalue weighted by molar-refractivity contribution is 0.0697. The molecule has 2 aromatic rings. The van der Waals surface area contributed by atoms with E-state index in [4.69, 9.17) is 5.11 Å². The summed E-state index contributed by atoms with van der Waals surface area (Å²) < 4.78 is 0. The van der Waals surface area contributed by atoms with Crippen LogP contribution in [0.1, 0.15) is 27.0 Å². The van der Waals surface area contributed by atoms with Crippen molar-refractivity contribution in [3.05, 3.63) is 64.7 Å². The molecule has 0 saturated carbocycles. The molecule has 0 aromatic heterocycles. The number of hydrogen-bond donors (Lipinski definition) is 2. The molecular formula is C16H16N2O2. The van der Waals surface area contributed by atoms with Crippen LogP contribution in [0.15, 0.2) is 47.6 Å². The molecular weight excluding hydrogens is 252 g/mol. The molecule has 20 heavy (non-hydrogen) atoms. The van der Waals surface area contributed by atoms with Crippen molar-refractivity contribution in [3.63, 3.8) is 0 Å². The van der Waals surface area contributed by atoms with Gasteiger partial charge in [0.25, 0.3) is 0 Å². The van der Waals surface area contributed by atoms with Gasteiger partial charge in [-0.3, -0.25) is 5.43 Å². The second-order valence-electron chi connectivity index (χ2n) is 4.67. The summed E-state index contributed by atoms with van der Waals surface area (Å²) in [5.74, 6) is -0.935. The normalized spacial score (nSPS) is 10.7. The SMILES string of the molecule is Cc1cc(C)cc(/C=N/Nc2ccc(C(=O)O)cc2)c1. The zero-order valence-electron chi connectivity index (χ0n) is 11.4. The van der Waals surface area contributed by atoms with Gasteiger partial charge < -0.3 is 5.11 Å². The first-order valence-electron chi connectivity index (χ1n) is 6.25. The van der Waals surface area contributed by atoms with Crippen LogP contribution in [0.2, 0.25) is 0 Å². The zero-order valence-corrected chi connectivity index (χ0v) is 11.4. The van der Waals surface area contributed by atoms with Gasteiger partial charge in [-0.15, -0.1) is 0 Å². The molecule has 4 heteroatoms. The van der Waals surface area contributed by atoms with Gasteiger partial charge in [0.2, 0.25) is 0 Å². The first-order chi connectivity index (χ1) is 9.54. The molecule has 0 saturated heterocycles. The molecule has 0 radical (unpaired) electrons. The van der Waals surface area contributed by atoms with Crippen molar-refractivity contribution in [2.24, 2.45) is 5.10 Å². The number of aromatic carboxylic acids is 1. The van der Waals surface area contributed by atoms with Crippen LogP contribution in [-0.2, 0) is 0 Å². The van der Waals surface area contributed by atoms with Gasteiger partial charge in [0.15, 0.2) is 0 Å². The first-order valence-corrected chi connectivity index (χ1v) is 6.25. The molecule has 102 valence electrons. The fourth-order valence-electron chi connectivity index (χ4n) is 1.95. The summed E-state index contributed by atoms with van der Waals surface area (Å²) in [6.07, 6.45) is 1.74. The number of carboxylic acids is 1. The minimum absolute atomic E-state index is 0.258. The topological polar surface area (TPSA) is 61.7 Å². The van der Waals surface area contributed by atoms with Crippen LogP contribution in [0.4, 0.5) is 5.69 Å². The molecule has 2 aromatic carbocycles. The van der Waals surface area contributed by atoms with E-state index in [2.05, 4.69) is 16.6 Å². The van der Waals surface area contributed by atoms with E-state index >= 15 is 0 Å². The van der Waals surface area contributed by atoms with Crippen molar-refractivity contribution in [3.8, 4) is 0 Å². The number of anilines is 1. The third-order valence-corrected chi connectivity index (χ3v) is 2.78. The number of rotatable bonds is 4. The zero-order chi connectivity index (χ0) is 14.5. The number of nitrogens with one attached hydrogen (secondary N) is 1. The number of nitrogens with zero attached hydrogens (tertiary/aromatic N) is 1. The molecule has 2 N–H and O–H groups in total. The number of hydrazone groups is 1. The predicted molar refractivity (Wildman–Crippen MR) is 80.5 cm³/mol. The van der Waals surface area contributed by atoms with Crippen molar-refractivity contribution in [2.75, 3.05) is 5.43 Å². The lowest BCUT2D eigenvalue weighted by Crippen LogP contribution is -1.96. The quantitative estimate of drug-likeness (QED) is 0.659. The number of carbonyl (C=O) groups is 1. The van der Waals surface area contributed by atoms with E-state index in [1.807, 2.05) is 26.0 Å². The third kappa shape index (κ3) is 3.68. The van der Waals surface area contributed by atoms with Gasteiger partial charge in [-0.05, 0) is 43.7 Å². The molecule has 4 nitrogen and oxygen atoms in total. The van der Waals surface area contributed by atoms with E-state index in [-0.39, 0.29) is 5.56 Å². The molecule has 0 heterocycles. The number of benzene rings is 2. The fourth-order valence-corrected chi connectivity index (χ4v) is 1.95. The third-order valence-electron chi connectivity index (χ3n) is 2.78. The maximum absolute atomic E-state index is 10.7. The van der Waals surface area contributed by atoms with Gasteiger partial charge in [0, 0.05) is 0 Å². The summed E-state index contributed by atoms with van der Waals surface area (Å²) >= 11 is 0. The summed E-state index contributed by atoms with van der Waals surface area (Å²) in [4.78, 5) is 10.7. The van der Waals surface area contributed by atoms with E-state index in [0.717, 1.165) is 11.3 Å². The van der Waals surface area contributed by atoms with Gasteiger partial charge in [0.1, 0.15) is 0 Å². The number of aryl methyl sites for hydroxylation is 2. The molecule has 0 amide bonds. The summed E-state index contributed by atoms with van der Waals surface area (Å²) in [7, 11) is 0. The highest BCUT2D eigenvalue weighted by Gasteiger charge is 2.00. The van der Waals surface area contributed by atoms with Gasteiger partial charge in [0.05, 0.1) is 17.5 Å². The summed E-state index contributed by atoms with van der Waals surface area (Å²) in [6, 6.07) is 12.6. The summed E-state index contributed by atoms with van der Waals surface area (Å²) in [5, 5.41) is 12.9. The Morgan fingerprint density at radius 1 is 1.10 bits per heavy atom. The molecule has 0 unspecified atom stereocenters. The van der Waals surface area contributed by atoms with Gasteiger partial charge in [-0.25, -0.2) is 4.79 Å². The first kappa shape index (κ1) is 13.8. The lowest BCUT2D eigenvalue weighted by atomic mass is 10.1. The fraction of sp³-hybridized carbons (Fsp3) is 0.125. The Balaban J connectivity index is 2.04. The number of hydrogen-bond acceptors (Lipinski definition) is 3. The summed E-state index contributed by atoms with van der Waals surface area (Å²) in [6.45, 7) is 4.09. The van der Waals surface area contributed by atoms with Gasteiger partial charge in [-0.2, -0.15) is 5.10 Å². The van der Waals surface area contributed by atoms with Crippen molar-refractivity contribution in [1.29, 1.82) is 0 Å². The molecule has 0 aliphatic rings. The van der Waals surface area contributed by atoms with E-state index in [9.17, 15) is 4.79 Å². The van der Waals surface area contributed by atoms with Crippen LogP contribution in [-0.4, -0.2) is 17.3 Å². The van der Waals surface area contributed by atoms with Crippen LogP contribution in [0.3, 0.4) is 0 Å². The highest BCUT2D eigenvalue weighted by atomic mass is 16.4. The van der Waals surface area contributed by atoms with Crippen LogP contribution >= 0.6 is 0 Å². The average molecular weight is 268 g/mol. The van der Waals surface area contributed by atoms with E-state index in [0.29, 0.717) is 0 Å². The minimum Gasteiger partial charge on any atom is -0.478 e. The molecule has 0 spiro atoms. The van der Waals surface area contributed by atoms with Crippen LogP contribution in [0.25, 0.3) is 0 Å². The van der Waals surface area contributed by atoms with E-state index in [1.165, 1.54) is 23.3 Å². The van der Waals surface area contributed by atoms with Crippen molar-refractivity contribution in [2.45, 2.75) is 13.8 Å². The maximum atomic E-state index is 10.7. The molecule has 0 fully saturated rings. The van der Waals surface area contributed by atoms with Crippen LogP contribution in [0, 0.1) is 13.8 Å². The van der Waals surface area contributed by atoms with Crippen LogP contribution < -0.4 is 5.43 Å². The standard InChI is InChI=1S/C16H16N2O2/c1-11-7-12(2)9-13(8-11)10-17-18-15-5-3-14(4-6-15)16(19)20/h3-10,18H,1-2H3,(H,19,20)/b17-10+. The second-order valence-corrected chi connectivity index (χ2v) is 4.67. The Morgan fingerprint density at radius 3 is 2.25 bits per heavy atom. The monoisotopic (exact) mass is 268 g/mol. The Bertz CT molecular complexity index is 626. The van der Waals surface area contributed by atoms with Crippen molar-refractivity contribution in [1.82, 2.24) is 0 Å². The molecule has 0 atom stereocenters. The largest absolute Gasteiger partial charge is 0.478 e. The minimum atomic E-state index is -0.935. The van der Waals surface area contributed by atoms with Crippen LogP contribution in [0.5, 0.6) is 0 Å². The smallest absolute Gasteiger partial charge is 0.335 e. The predicted octanol–water partition coefficient (Wildman–Crippen LogP) is 3.45. The Kier molecular flexibility index (Phi) is 4.15. The van der Waals surface area contributed by atoms with Crippen molar-refractivity contribution >= 4 is 17.9 Å². The lowest BCUT2D eigenvalue weighted by Gasteiger charge is -2.02. The molecule has 0 aliphatic carbocycles. The molecule has 0 aliphatic heterocycles. The van der Waals surface area contributed by atoms with Crippen molar-refractivity contribution < 1.29 is 9.90 Å². The maximum Gasteiger partial charge on any atom is 0.335 e.